The molecule has 0 spiro atoms. The van der Waals surface area contributed by atoms with E-state index in [-0.39, 0.29) is 5.91 Å². The molecule has 0 fully saturated rings. The van der Waals surface area contributed by atoms with Gasteiger partial charge in [0.15, 0.2) is 0 Å². The summed E-state index contributed by atoms with van der Waals surface area (Å²) in [5.41, 5.74) is 2.78. The molecule has 104 valence electrons. The first-order valence-electron chi connectivity index (χ1n) is 6.61. The summed E-state index contributed by atoms with van der Waals surface area (Å²) >= 11 is 0. The molecule has 0 aliphatic heterocycles. The molecule has 1 amide bonds. The van der Waals surface area contributed by atoms with Crippen molar-refractivity contribution in [1.82, 2.24) is 9.88 Å². The van der Waals surface area contributed by atoms with Gasteiger partial charge in [0.05, 0.1) is 5.69 Å². The van der Waals surface area contributed by atoms with Gasteiger partial charge in [-0.15, -0.1) is 0 Å². The number of carbonyl (C=O) groups excluding carboxylic acids is 1. The molecule has 1 N–H and O–H groups in total. The summed E-state index contributed by atoms with van der Waals surface area (Å²) < 4.78 is 0. The molecule has 0 atom stereocenters. The molecule has 0 aliphatic rings. The number of pyridine rings is 1. The lowest BCUT2D eigenvalue weighted by Gasteiger charge is -2.10. The summed E-state index contributed by atoms with van der Waals surface area (Å²) in [6.07, 6.45) is 2.27. The van der Waals surface area contributed by atoms with Gasteiger partial charge in [-0.3, -0.25) is 9.78 Å². The third-order valence-corrected chi connectivity index (χ3v) is 2.92. The smallest absolute Gasteiger partial charge is 0.225 e. The highest BCUT2D eigenvalue weighted by molar-refractivity contribution is 5.91. The largest absolute Gasteiger partial charge is 0.326 e. The minimum atomic E-state index is 0.0317. The van der Waals surface area contributed by atoms with E-state index < -0.39 is 0 Å². The van der Waals surface area contributed by atoms with Gasteiger partial charge in [-0.05, 0) is 38.4 Å². The number of anilines is 1. The Hall–Kier alpha value is -2.20. The minimum absolute atomic E-state index is 0.0317. The normalized spacial score (nSPS) is 10.6. The standard InChI is InChI=1S/C16H19N3O/c1-19(2)12-10-16(20)18-14-8-6-13(7-9-14)15-5-3-4-11-17-15/h3-9,11H,10,12H2,1-2H3,(H,18,20). The van der Waals surface area contributed by atoms with Gasteiger partial charge in [-0.25, -0.2) is 0 Å². The van der Waals surface area contributed by atoms with Gasteiger partial charge < -0.3 is 10.2 Å². The lowest BCUT2D eigenvalue weighted by molar-refractivity contribution is -0.116. The van der Waals surface area contributed by atoms with Gasteiger partial charge in [0.2, 0.25) is 5.91 Å². The first kappa shape index (κ1) is 14.2. The van der Waals surface area contributed by atoms with Crippen LogP contribution in [0.15, 0.2) is 48.7 Å². The van der Waals surface area contributed by atoms with Crippen molar-refractivity contribution in [2.24, 2.45) is 0 Å². The van der Waals surface area contributed by atoms with Crippen LogP contribution in [0.1, 0.15) is 6.42 Å². The molecular weight excluding hydrogens is 250 g/mol. The molecule has 4 nitrogen and oxygen atoms in total. The Morgan fingerprint density at radius 1 is 1.15 bits per heavy atom. The summed E-state index contributed by atoms with van der Waals surface area (Å²) in [4.78, 5) is 18.0. The molecule has 4 heteroatoms. The van der Waals surface area contributed by atoms with Crippen molar-refractivity contribution in [1.29, 1.82) is 0 Å². The van der Waals surface area contributed by atoms with E-state index in [2.05, 4.69) is 10.3 Å². The van der Waals surface area contributed by atoms with Crippen molar-refractivity contribution in [3.63, 3.8) is 0 Å². The number of carbonyl (C=O) groups is 1. The Balaban J connectivity index is 1.97. The Bertz CT molecular complexity index is 550. The predicted octanol–water partition coefficient (Wildman–Crippen LogP) is 2.64. The Morgan fingerprint density at radius 2 is 1.90 bits per heavy atom. The molecule has 0 bridgehead atoms. The van der Waals surface area contributed by atoms with Crippen molar-refractivity contribution in [2.45, 2.75) is 6.42 Å². The van der Waals surface area contributed by atoms with Crippen molar-refractivity contribution >= 4 is 11.6 Å². The molecule has 1 aromatic heterocycles. The maximum atomic E-state index is 11.7. The van der Waals surface area contributed by atoms with E-state index in [1.165, 1.54) is 0 Å². The molecule has 0 unspecified atom stereocenters. The SMILES string of the molecule is CN(C)CCC(=O)Nc1ccc(-c2ccccn2)cc1. The molecule has 0 saturated heterocycles. The van der Waals surface area contributed by atoms with Crippen LogP contribution in [0.4, 0.5) is 5.69 Å². The van der Waals surface area contributed by atoms with Crippen LogP contribution in [0.5, 0.6) is 0 Å². The van der Waals surface area contributed by atoms with Crippen LogP contribution in [-0.4, -0.2) is 36.4 Å². The van der Waals surface area contributed by atoms with Crippen LogP contribution in [0.3, 0.4) is 0 Å². The van der Waals surface area contributed by atoms with Gasteiger partial charge in [0.25, 0.3) is 0 Å². The summed E-state index contributed by atoms with van der Waals surface area (Å²) in [7, 11) is 3.91. The van der Waals surface area contributed by atoms with Crippen molar-refractivity contribution in [3.8, 4) is 11.3 Å². The fraction of sp³-hybridized carbons (Fsp3) is 0.250. The zero-order chi connectivity index (χ0) is 14.4. The van der Waals surface area contributed by atoms with E-state index in [1.54, 1.807) is 6.20 Å². The maximum Gasteiger partial charge on any atom is 0.225 e. The van der Waals surface area contributed by atoms with Crippen LogP contribution in [0.25, 0.3) is 11.3 Å². The van der Waals surface area contributed by atoms with E-state index in [9.17, 15) is 4.79 Å². The first-order valence-corrected chi connectivity index (χ1v) is 6.61. The van der Waals surface area contributed by atoms with E-state index >= 15 is 0 Å². The molecule has 0 saturated carbocycles. The quantitative estimate of drug-likeness (QED) is 0.907. The lowest BCUT2D eigenvalue weighted by Crippen LogP contribution is -2.20. The van der Waals surface area contributed by atoms with Gasteiger partial charge >= 0.3 is 0 Å². The second-order valence-corrected chi connectivity index (χ2v) is 4.89. The zero-order valence-electron chi connectivity index (χ0n) is 11.8. The summed E-state index contributed by atoms with van der Waals surface area (Å²) in [5, 5.41) is 2.89. The highest BCUT2D eigenvalue weighted by Crippen LogP contribution is 2.19. The second kappa shape index (κ2) is 6.82. The Kier molecular flexibility index (Phi) is 4.85. The lowest BCUT2D eigenvalue weighted by atomic mass is 10.1. The minimum Gasteiger partial charge on any atom is -0.326 e. The van der Waals surface area contributed by atoms with Crippen LogP contribution >= 0.6 is 0 Å². The number of hydrogen-bond donors (Lipinski definition) is 1. The predicted molar refractivity (Wildman–Crippen MR) is 81.5 cm³/mol. The fourth-order valence-corrected chi connectivity index (χ4v) is 1.81. The summed E-state index contributed by atoms with van der Waals surface area (Å²) in [6, 6.07) is 13.5. The fourth-order valence-electron chi connectivity index (χ4n) is 1.81. The number of nitrogens with zero attached hydrogens (tertiary/aromatic N) is 2. The monoisotopic (exact) mass is 269 g/mol. The van der Waals surface area contributed by atoms with Gasteiger partial charge in [-0.2, -0.15) is 0 Å². The average molecular weight is 269 g/mol. The highest BCUT2D eigenvalue weighted by Gasteiger charge is 2.04. The van der Waals surface area contributed by atoms with E-state index in [0.717, 1.165) is 23.5 Å². The van der Waals surface area contributed by atoms with Crippen molar-refractivity contribution < 1.29 is 4.79 Å². The number of rotatable bonds is 5. The number of hydrogen-bond acceptors (Lipinski definition) is 3. The van der Waals surface area contributed by atoms with E-state index in [4.69, 9.17) is 0 Å². The molecule has 0 radical (unpaired) electrons. The molecule has 2 rings (SSSR count). The number of amides is 1. The molecule has 2 aromatic rings. The second-order valence-electron chi connectivity index (χ2n) is 4.89. The molecule has 1 heterocycles. The van der Waals surface area contributed by atoms with Crippen LogP contribution < -0.4 is 5.32 Å². The van der Waals surface area contributed by atoms with Gasteiger partial charge in [0.1, 0.15) is 0 Å². The topological polar surface area (TPSA) is 45.2 Å². The van der Waals surface area contributed by atoms with Crippen molar-refractivity contribution in [2.75, 3.05) is 26.0 Å². The van der Waals surface area contributed by atoms with E-state index in [0.29, 0.717) is 6.42 Å². The highest BCUT2D eigenvalue weighted by atomic mass is 16.1. The van der Waals surface area contributed by atoms with Crippen LogP contribution in [0.2, 0.25) is 0 Å². The average Bonchev–Trinajstić information content (AvgIpc) is 2.47. The summed E-state index contributed by atoms with van der Waals surface area (Å²) in [6.45, 7) is 0.748. The maximum absolute atomic E-state index is 11.7. The molecule has 1 aromatic carbocycles. The molecular formula is C16H19N3O. The van der Waals surface area contributed by atoms with Crippen molar-refractivity contribution in [3.05, 3.63) is 48.7 Å². The summed E-state index contributed by atoms with van der Waals surface area (Å²) in [5.74, 6) is 0.0317. The Morgan fingerprint density at radius 3 is 2.50 bits per heavy atom. The van der Waals surface area contributed by atoms with E-state index in [1.807, 2.05) is 61.5 Å². The zero-order valence-corrected chi connectivity index (χ0v) is 11.8. The van der Waals surface area contributed by atoms with Crippen LogP contribution in [-0.2, 0) is 4.79 Å². The third-order valence-electron chi connectivity index (χ3n) is 2.92. The molecule has 0 aliphatic carbocycles. The van der Waals surface area contributed by atoms with Gasteiger partial charge in [0, 0.05) is 30.4 Å². The Labute approximate surface area is 119 Å². The third kappa shape index (κ3) is 4.17. The van der Waals surface area contributed by atoms with Gasteiger partial charge in [-0.1, -0.05) is 18.2 Å². The van der Waals surface area contributed by atoms with Crippen LogP contribution in [0, 0.1) is 0 Å². The number of benzene rings is 1. The number of aromatic nitrogens is 1. The number of nitrogens with one attached hydrogen (secondary N) is 1. The first-order chi connectivity index (χ1) is 9.65. The molecule has 20 heavy (non-hydrogen) atoms.